The first-order valence-electron chi connectivity index (χ1n) is 9.82. The van der Waals surface area contributed by atoms with E-state index in [2.05, 4.69) is 10.6 Å². The summed E-state index contributed by atoms with van der Waals surface area (Å²) in [6.45, 7) is 2.21. The van der Waals surface area contributed by atoms with Crippen LogP contribution in [0.1, 0.15) is 38.2 Å². The van der Waals surface area contributed by atoms with Gasteiger partial charge in [-0.3, -0.25) is 4.79 Å². The van der Waals surface area contributed by atoms with Crippen LogP contribution in [0.25, 0.3) is 0 Å². The van der Waals surface area contributed by atoms with Crippen LogP contribution in [0, 0.1) is 0 Å². The number of carbonyl (C=O) groups is 2. The number of aliphatic hydroxyl groups excluding tert-OH is 3. The molecule has 0 aromatic heterocycles. The summed E-state index contributed by atoms with van der Waals surface area (Å²) in [4.78, 5) is 23.6. The summed E-state index contributed by atoms with van der Waals surface area (Å²) in [5.41, 5.74) is 0.914. The number of rotatable bonds is 9. The lowest BCUT2D eigenvalue weighted by molar-refractivity contribution is -0.224. The molecule has 1 aromatic carbocycles. The molecule has 1 saturated heterocycles. The molecular formula is C20H30N2O7. The number of amides is 2. The number of aliphatic hydroxyl groups is 3. The Hall–Kier alpha value is -2.20. The minimum absolute atomic E-state index is 0.215. The van der Waals surface area contributed by atoms with E-state index in [1.54, 1.807) is 6.92 Å². The fourth-order valence-corrected chi connectivity index (χ4v) is 2.95. The van der Waals surface area contributed by atoms with Gasteiger partial charge in [0.15, 0.2) is 6.23 Å². The monoisotopic (exact) mass is 410 g/mol. The summed E-state index contributed by atoms with van der Waals surface area (Å²) in [6, 6.07) is 9.39. The number of hydrogen-bond acceptors (Lipinski definition) is 7. The van der Waals surface area contributed by atoms with Crippen LogP contribution in [0.5, 0.6) is 0 Å². The number of benzene rings is 1. The first kappa shape index (κ1) is 23.1. The topological polar surface area (TPSA) is 137 Å². The van der Waals surface area contributed by atoms with E-state index in [-0.39, 0.29) is 18.9 Å². The molecule has 29 heavy (non-hydrogen) atoms. The average Bonchev–Trinajstić information content (AvgIpc) is 2.72. The van der Waals surface area contributed by atoms with Crippen molar-refractivity contribution in [2.45, 2.75) is 69.9 Å². The largest absolute Gasteiger partial charge is 0.445 e. The molecule has 1 fully saturated rings. The molecule has 1 aliphatic heterocycles. The molecule has 1 aliphatic rings. The highest BCUT2D eigenvalue weighted by atomic mass is 16.6. The van der Waals surface area contributed by atoms with Crippen molar-refractivity contribution in [2.75, 3.05) is 6.54 Å². The Bertz CT molecular complexity index is 643. The minimum Gasteiger partial charge on any atom is -0.445 e. The predicted octanol–water partition coefficient (Wildman–Crippen LogP) is 0.417. The van der Waals surface area contributed by atoms with Gasteiger partial charge in [-0.15, -0.1) is 0 Å². The van der Waals surface area contributed by atoms with Crippen LogP contribution in [0.15, 0.2) is 30.3 Å². The molecule has 5 atom stereocenters. The average molecular weight is 410 g/mol. The smallest absolute Gasteiger partial charge is 0.407 e. The Labute approximate surface area is 170 Å². The van der Waals surface area contributed by atoms with Crippen LogP contribution in [-0.2, 0) is 20.9 Å². The summed E-state index contributed by atoms with van der Waals surface area (Å²) < 4.78 is 10.4. The third kappa shape index (κ3) is 7.62. The van der Waals surface area contributed by atoms with Gasteiger partial charge in [-0.2, -0.15) is 0 Å². The van der Waals surface area contributed by atoms with Crippen LogP contribution in [0.3, 0.4) is 0 Å². The summed E-state index contributed by atoms with van der Waals surface area (Å²) in [5.74, 6) is -0.319. The summed E-state index contributed by atoms with van der Waals surface area (Å²) in [6.07, 6.45) is -3.99. The van der Waals surface area contributed by atoms with Crippen LogP contribution < -0.4 is 10.6 Å². The molecule has 9 nitrogen and oxygen atoms in total. The van der Waals surface area contributed by atoms with Crippen LogP contribution in [0.4, 0.5) is 4.79 Å². The zero-order valence-corrected chi connectivity index (χ0v) is 16.5. The van der Waals surface area contributed by atoms with Gasteiger partial charge in [0, 0.05) is 13.0 Å². The summed E-state index contributed by atoms with van der Waals surface area (Å²) in [5, 5.41) is 34.4. The molecule has 0 bridgehead atoms. The fourth-order valence-electron chi connectivity index (χ4n) is 2.95. The van der Waals surface area contributed by atoms with Crippen molar-refractivity contribution < 1.29 is 34.4 Å². The Balaban J connectivity index is 1.52. The lowest BCUT2D eigenvalue weighted by Crippen LogP contribution is -2.61. The van der Waals surface area contributed by atoms with Crippen molar-refractivity contribution in [3.8, 4) is 0 Å². The standard InChI is InChI=1S/C20H30N2O7/c1-13-16(24)17(25)18(26)19(29-13)22-15(23)10-6-3-7-11-21-20(27)28-12-14-8-4-2-5-9-14/h2,4-5,8-9,13,16-19,24-26H,3,6-7,10-12H2,1H3,(H,21,27)(H,22,23)/t13?,16-,17+,18?,19-/m1/s1. The van der Waals surface area contributed by atoms with E-state index in [0.717, 1.165) is 12.0 Å². The summed E-state index contributed by atoms with van der Waals surface area (Å²) >= 11 is 0. The van der Waals surface area contributed by atoms with Gasteiger partial charge in [0.2, 0.25) is 5.91 Å². The van der Waals surface area contributed by atoms with Crippen molar-refractivity contribution in [2.24, 2.45) is 0 Å². The highest BCUT2D eigenvalue weighted by Crippen LogP contribution is 2.19. The lowest BCUT2D eigenvalue weighted by Gasteiger charge is -2.39. The molecule has 5 N–H and O–H groups in total. The Morgan fingerprint density at radius 1 is 1.03 bits per heavy atom. The zero-order valence-electron chi connectivity index (χ0n) is 16.5. The summed E-state index contributed by atoms with van der Waals surface area (Å²) in [7, 11) is 0. The van der Waals surface area contributed by atoms with E-state index in [1.807, 2.05) is 30.3 Å². The first-order valence-corrected chi connectivity index (χ1v) is 9.82. The Morgan fingerprint density at radius 3 is 2.48 bits per heavy atom. The zero-order chi connectivity index (χ0) is 21.2. The quantitative estimate of drug-likeness (QED) is 0.372. The molecule has 0 spiro atoms. The molecule has 162 valence electrons. The number of alkyl carbamates (subject to hydrolysis) is 1. The van der Waals surface area contributed by atoms with Crippen LogP contribution in [-0.4, -0.2) is 64.5 Å². The third-order valence-corrected chi connectivity index (χ3v) is 4.72. The van der Waals surface area contributed by atoms with Gasteiger partial charge in [-0.25, -0.2) is 4.79 Å². The second-order valence-corrected chi connectivity index (χ2v) is 7.10. The molecule has 2 amide bonds. The van der Waals surface area contributed by atoms with Crippen molar-refractivity contribution in [3.63, 3.8) is 0 Å². The van der Waals surface area contributed by atoms with Crippen molar-refractivity contribution in [1.82, 2.24) is 10.6 Å². The normalized spacial score (nSPS) is 26.6. The molecule has 0 saturated carbocycles. The van der Waals surface area contributed by atoms with Gasteiger partial charge in [0.05, 0.1) is 6.10 Å². The van der Waals surface area contributed by atoms with E-state index in [9.17, 15) is 24.9 Å². The van der Waals surface area contributed by atoms with Gasteiger partial charge in [0.25, 0.3) is 0 Å². The van der Waals surface area contributed by atoms with Crippen LogP contribution in [0.2, 0.25) is 0 Å². The molecule has 2 unspecified atom stereocenters. The van der Waals surface area contributed by atoms with Gasteiger partial charge in [-0.05, 0) is 25.3 Å². The number of ether oxygens (including phenoxy) is 2. The Kier molecular flexibility index (Phi) is 9.33. The molecule has 1 aromatic rings. The molecule has 0 radical (unpaired) electrons. The van der Waals surface area contributed by atoms with E-state index in [0.29, 0.717) is 19.4 Å². The maximum atomic E-state index is 12.0. The highest BCUT2D eigenvalue weighted by Gasteiger charge is 2.42. The fraction of sp³-hybridized carbons (Fsp3) is 0.600. The lowest BCUT2D eigenvalue weighted by atomic mass is 9.99. The second kappa shape index (κ2) is 11.7. The number of unbranched alkanes of at least 4 members (excludes halogenated alkanes) is 2. The molecule has 0 aliphatic carbocycles. The van der Waals surface area contributed by atoms with Crippen LogP contribution >= 0.6 is 0 Å². The molecular weight excluding hydrogens is 380 g/mol. The van der Waals surface area contributed by atoms with E-state index < -0.39 is 36.7 Å². The van der Waals surface area contributed by atoms with E-state index >= 15 is 0 Å². The second-order valence-electron chi connectivity index (χ2n) is 7.10. The number of carbonyl (C=O) groups excluding carboxylic acids is 2. The number of hydrogen-bond donors (Lipinski definition) is 5. The minimum atomic E-state index is -1.39. The maximum Gasteiger partial charge on any atom is 0.407 e. The predicted molar refractivity (Wildman–Crippen MR) is 104 cm³/mol. The SMILES string of the molecule is CC1O[C@@H](NC(=O)CCCCCNC(=O)OCc2ccccc2)C(O)[C@@H](O)[C@@H]1O. The van der Waals surface area contributed by atoms with Crippen molar-refractivity contribution >= 4 is 12.0 Å². The highest BCUT2D eigenvalue weighted by molar-refractivity contribution is 5.76. The molecule has 9 heteroatoms. The van der Waals surface area contributed by atoms with Crippen molar-refractivity contribution in [1.29, 1.82) is 0 Å². The van der Waals surface area contributed by atoms with Gasteiger partial charge in [0.1, 0.15) is 24.9 Å². The molecule has 2 rings (SSSR count). The van der Waals surface area contributed by atoms with Gasteiger partial charge >= 0.3 is 6.09 Å². The Morgan fingerprint density at radius 2 is 1.76 bits per heavy atom. The maximum absolute atomic E-state index is 12.0. The first-order chi connectivity index (χ1) is 13.9. The molecule has 1 heterocycles. The number of nitrogens with one attached hydrogen (secondary N) is 2. The van der Waals surface area contributed by atoms with Gasteiger partial charge in [-0.1, -0.05) is 36.8 Å². The van der Waals surface area contributed by atoms with E-state index in [1.165, 1.54) is 0 Å². The van der Waals surface area contributed by atoms with E-state index in [4.69, 9.17) is 9.47 Å². The van der Waals surface area contributed by atoms with Crippen molar-refractivity contribution in [3.05, 3.63) is 35.9 Å². The van der Waals surface area contributed by atoms with Gasteiger partial charge < -0.3 is 35.4 Å². The third-order valence-electron chi connectivity index (χ3n) is 4.72.